The molecular formula is C14H13ClFNO3S. The number of sulfonamides is 1. The molecule has 7 heteroatoms. The van der Waals surface area contributed by atoms with Crippen LogP contribution in [0, 0.1) is 5.82 Å². The number of halogens is 2. The van der Waals surface area contributed by atoms with Crippen LogP contribution in [0.15, 0.2) is 42.5 Å². The van der Waals surface area contributed by atoms with Crippen molar-refractivity contribution in [2.75, 3.05) is 4.72 Å². The predicted octanol–water partition coefficient (Wildman–Crippen LogP) is 2.91. The molecule has 0 aliphatic carbocycles. The van der Waals surface area contributed by atoms with Crippen molar-refractivity contribution < 1.29 is 17.9 Å². The number of rotatable bonds is 5. The molecule has 0 spiro atoms. The van der Waals surface area contributed by atoms with E-state index in [0.29, 0.717) is 11.1 Å². The molecule has 0 saturated carbocycles. The zero-order valence-corrected chi connectivity index (χ0v) is 12.5. The Bertz CT molecular complexity index is 732. The molecule has 2 rings (SSSR count). The van der Waals surface area contributed by atoms with Crippen molar-refractivity contribution >= 4 is 27.3 Å². The van der Waals surface area contributed by atoms with Crippen LogP contribution in [-0.2, 0) is 22.4 Å². The third-order valence-electron chi connectivity index (χ3n) is 2.76. The topological polar surface area (TPSA) is 66.4 Å². The highest BCUT2D eigenvalue weighted by Crippen LogP contribution is 2.24. The van der Waals surface area contributed by atoms with Gasteiger partial charge in [-0.25, -0.2) is 12.8 Å². The first-order valence-corrected chi connectivity index (χ1v) is 8.07. The summed E-state index contributed by atoms with van der Waals surface area (Å²) in [5, 5.41) is 9.05. The van der Waals surface area contributed by atoms with Gasteiger partial charge >= 0.3 is 0 Å². The van der Waals surface area contributed by atoms with Gasteiger partial charge in [-0.15, -0.1) is 0 Å². The summed E-state index contributed by atoms with van der Waals surface area (Å²) in [4.78, 5) is 0. The molecule has 0 radical (unpaired) electrons. The van der Waals surface area contributed by atoms with E-state index in [9.17, 15) is 12.8 Å². The van der Waals surface area contributed by atoms with E-state index in [1.54, 1.807) is 24.3 Å². The molecule has 0 fully saturated rings. The van der Waals surface area contributed by atoms with Crippen LogP contribution < -0.4 is 4.72 Å². The molecular weight excluding hydrogens is 317 g/mol. The second-order valence-corrected chi connectivity index (χ2v) is 6.59. The number of aliphatic hydroxyl groups is 1. The van der Waals surface area contributed by atoms with Crippen molar-refractivity contribution in [1.29, 1.82) is 0 Å². The number of benzene rings is 2. The number of nitrogens with one attached hydrogen (secondary N) is 1. The molecule has 0 bridgehead atoms. The molecule has 0 amide bonds. The third-order valence-corrected chi connectivity index (χ3v) is 4.33. The fourth-order valence-corrected chi connectivity index (χ4v) is 3.17. The van der Waals surface area contributed by atoms with E-state index in [2.05, 4.69) is 4.72 Å². The zero-order chi connectivity index (χ0) is 15.5. The van der Waals surface area contributed by atoms with Crippen LogP contribution in [0.4, 0.5) is 10.1 Å². The first-order chi connectivity index (χ1) is 9.89. The molecule has 21 heavy (non-hydrogen) atoms. The minimum absolute atomic E-state index is 0.00338. The van der Waals surface area contributed by atoms with Gasteiger partial charge in [0.2, 0.25) is 10.0 Å². The lowest BCUT2D eigenvalue weighted by atomic mass is 10.2. The Hall–Kier alpha value is -1.63. The summed E-state index contributed by atoms with van der Waals surface area (Å²) in [6, 6.07) is 9.95. The lowest BCUT2D eigenvalue weighted by Crippen LogP contribution is -2.15. The molecule has 0 saturated heterocycles. The maximum Gasteiger partial charge on any atom is 0.236 e. The highest BCUT2D eigenvalue weighted by molar-refractivity contribution is 7.91. The van der Waals surface area contributed by atoms with Gasteiger partial charge in [0.1, 0.15) is 5.82 Å². The molecule has 2 aromatic rings. The second-order valence-electron chi connectivity index (χ2n) is 4.46. The second kappa shape index (κ2) is 6.43. The Morgan fingerprint density at radius 3 is 2.33 bits per heavy atom. The molecule has 112 valence electrons. The Kier molecular flexibility index (Phi) is 4.82. The van der Waals surface area contributed by atoms with Crippen molar-refractivity contribution in [3.05, 3.63) is 64.4 Å². The number of hydrogen-bond donors (Lipinski definition) is 2. The maximum absolute atomic E-state index is 13.1. The van der Waals surface area contributed by atoms with E-state index in [1.165, 1.54) is 6.07 Å². The van der Waals surface area contributed by atoms with Crippen LogP contribution >= 0.6 is 11.6 Å². The van der Waals surface area contributed by atoms with E-state index in [0.717, 1.165) is 12.1 Å². The molecule has 4 nitrogen and oxygen atoms in total. The Balaban J connectivity index is 2.16. The third kappa shape index (κ3) is 4.42. The van der Waals surface area contributed by atoms with E-state index in [-0.39, 0.29) is 23.1 Å². The van der Waals surface area contributed by atoms with Crippen LogP contribution in [-0.4, -0.2) is 13.5 Å². The monoisotopic (exact) mass is 329 g/mol. The number of aliphatic hydroxyl groups excluding tert-OH is 1. The van der Waals surface area contributed by atoms with Crippen LogP contribution in [0.5, 0.6) is 0 Å². The van der Waals surface area contributed by atoms with E-state index in [1.807, 2.05) is 0 Å². The first kappa shape index (κ1) is 15.8. The first-order valence-electron chi connectivity index (χ1n) is 6.04. The summed E-state index contributed by atoms with van der Waals surface area (Å²) >= 11 is 5.82. The molecule has 0 aliphatic rings. The van der Waals surface area contributed by atoms with E-state index >= 15 is 0 Å². The lowest BCUT2D eigenvalue weighted by Gasteiger charge is -2.10. The average molecular weight is 330 g/mol. The minimum atomic E-state index is -3.71. The SMILES string of the molecule is O=S(=O)(Cc1ccc(CO)cc1)Nc1cc(F)ccc1Cl. The Morgan fingerprint density at radius 1 is 1.10 bits per heavy atom. The highest BCUT2D eigenvalue weighted by Gasteiger charge is 2.14. The fourth-order valence-electron chi connectivity index (χ4n) is 1.74. The van der Waals surface area contributed by atoms with Gasteiger partial charge in [0.05, 0.1) is 23.1 Å². The van der Waals surface area contributed by atoms with Crippen LogP contribution in [0.25, 0.3) is 0 Å². The van der Waals surface area contributed by atoms with Crippen molar-refractivity contribution in [3.8, 4) is 0 Å². The molecule has 0 aliphatic heterocycles. The number of anilines is 1. The Labute approximate surface area is 127 Å². The minimum Gasteiger partial charge on any atom is -0.392 e. The smallest absolute Gasteiger partial charge is 0.236 e. The zero-order valence-electron chi connectivity index (χ0n) is 10.9. The molecule has 0 atom stereocenters. The molecule has 0 aromatic heterocycles. The normalized spacial score (nSPS) is 11.4. The van der Waals surface area contributed by atoms with Crippen molar-refractivity contribution in [2.45, 2.75) is 12.4 Å². The predicted molar refractivity (Wildman–Crippen MR) is 80.0 cm³/mol. The van der Waals surface area contributed by atoms with Gasteiger partial charge in [-0.05, 0) is 29.3 Å². The van der Waals surface area contributed by atoms with Gasteiger partial charge in [0.25, 0.3) is 0 Å². The van der Waals surface area contributed by atoms with E-state index < -0.39 is 15.8 Å². The van der Waals surface area contributed by atoms with Gasteiger partial charge in [-0.2, -0.15) is 0 Å². The van der Waals surface area contributed by atoms with Gasteiger partial charge < -0.3 is 5.11 Å². The fraction of sp³-hybridized carbons (Fsp3) is 0.143. The summed E-state index contributed by atoms with van der Waals surface area (Å²) in [6.07, 6.45) is 0. The average Bonchev–Trinajstić information content (AvgIpc) is 2.43. The van der Waals surface area contributed by atoms with Crippen LogP contribution in [0.2, 0.25) is 5.02 Å². The lowest BCUT2D eigenvalue weighted by molar-refractivity contribution is 0.282. The van der Waals surface area contributed by atoms with Gasteiger partial charge in [0, 0.05) is 0 Å². The maximum atomic E-state index is 13.1. The Morgan fingerprint density at radius 2 is 1.71 bits per heavy atom. The van der Waals surface area contributed by atoms with Gasteiger partial charge in [0.15, 0.2) is 0 Å². The summed E-state index contributed by atoms with van der Waals surface area (Å²) in [5.41, 5.74) is 1.24. The van der Waals surface area contributed by atoms with Crippen molar-refractivity contribution in [1.82, 2.24) is 0 Å². The van der Waals surface area contributed by atoms with Crippen molar-refractivity contribution in [3.63, 3.8) is 0 Å². The quantitative estimate of drug-likeness (QED) is 0.886. The molecule has 2 aromatic carbocycles. The highest BCUT2D eigenvalue weighted by atomic mass is 35.5. The summed E-state index contributed by atoms with van der Waals surface area (Å²) in [5.74, 6) is -0.852. The standard InChI is InChI=1S/C14H13ClFNO3S/c15-13-6-5-12(16)7-14(13)17-21(19,20)9-11-3-1-10(8-18)2-4-11/h1-7,17-18H,8-9H2. The number of hydrogen-bond acceptors (Lipinski definition) is 3. The summed E-state index contributed by atoms with van der Waals surface area (Å²) in [7, 11) is -3.71. The molecule has 0 unspecified atom stereocenters. The van der Waals surface area contributed by atoms with E-state index in [4.69, 9.17) is 16.7 Å². The van der Waals surface area contributed by atoms with Gasteiger partial charge in [-0.1, -0.05) is 35.9 Å². The molecule has 0 heterocycles. The van der Waals surface area contributed by atoms with Crippen LogP contribution in [0.1, 0.15) is 11.1 Å². The summed E-state index contributed by atoms with van der Waals surface area (Å²) in [6.45, 7) is -0.107. The van der Waals surface area contributed by atoms with Crippen molar-refractivity contribution in [2.24, 2.45) is 0 Å². The van der Waals surface area contributed by atoms with Gasteiger partial charge in [-0.3, -0.25) is 4.72 Å². The molecule has 2 N–H and O–H groups in total. The largest absolute Gasteiger partial charge is 0.392 e. The van der Waals surface area contributed by atoms with Crippen LogP contribution in [0.3, 0.4) is 0 Å². The summed E-state index contributed by atoms with van der Waals surface area (Å²) < 4.78 is 39.5.